The number of anilines is 1. The molecule has 0 aromatic heterocycles. The standard InChI is InChI=1S/C18H29ClN2O3S/c1-13(16(22)20-18(5,6)12-17(2,3)4)21(25(7,23)24)15-10-8-14(19)9-11-15/h8-11,13H,12H2,1-7H3,(H,20,22). The number of benzene rings is 1. The van der Waals surface area contributed by atoms with Gasteiger partial charge in [0.2, 0.25) is 15.9 Å². The Balaban J connectivity index is 3.08. The second kappa shape index (κ2) is 7.54. The van der Waals surface area contributed by atoms with E-state index >= 15 is 0 Å². The van der Waals surface area contributed by atoms with E-state index in [9.17, 15) is 13.2 Å². The van der Waals surface area contributed by atoms with Crippen molar-refractivity contribution in [2.24, 2.45) is 5.41 Å². The monoisotopic (exact) mass is 388 g/mol. The second-order valence-electron chi connectivity index (χ2n) is 8.32. The molecule has 1 atom stereocenters. The number of sulfonamides is 1. The zero-order chi connectivity index (χ0) is 19.6. The summed E-state index contributed by atoms with van der Waals surface area (Å²) in [7, 11) is -3.64. The van der Waals surface area contributed by atoms with Crippen LogP contribution < -0.4 is 9.62 Å². The molecule has 0 heterocycles. The molecule has 1 unspecified atom stereocenters. The minimum atomic E-state index is -3.64. The van der Waals surface area contributed by atoms with Gasteiger partial charge in [0.25, 0.3) is 0 Å². The molecule has 0 aliphatic heterocycles. The molecule has 1 N–H and O–H groups in total. The number of nitrogens with zero attached hydrogens (tertiary/aromatic N) is 1. The Morgan fingerprint density at radius 3 is 2.04 bits per heavy atom. The number of hydrogen-bond acceptors (Lipinski definition) is 3. The lowest BCUT2D eigenvalue weighted by Gasteiger charge is -2.36. The highest BCUT2D eigenvalue weighted by Crippen LogP contribution is 2.28. The highest BCUT2D eigenvalue weighted by molar-refractivity contribution is 7.92. The van der Waals surface area contributed by atoms with E-state index in [2.05, 4.69) is 26.1 Å². The van der Waals surface area contributed by atoms with E-state index in [0.29, 0.717) is 10.7 Å². The van der Waals surface area contributed by atoms with Crippen molar-refractivity contribution in [3.8, 4) is 0 Å². The molecule has 0 fully saturated rings. The number of hydrogen-bond donors (Lipinski definition) is 1. The predicted molar refractivity (Wildman–Crippen MR) is 105 cm³/mol. The van der Waals surface area contributed by atoms with Crippen LogP contribution in [-0.2, 0) is 14.8 Å². The first kappa shape index (κ1) is 21.8. The Hall–Kier alpha value is -1.27. The summed E-state index contributed by atoms with van der Waals surface area (Å²) in [4.78, 5) is 12.7. The van der Waals surface area contributed by atoms with Crippen molar-refractivity contribution < 1.29 is 13.2 Å². The summed E-state index contributed by atoms with van der Waals surface area (Å²) in [5.74, 6) is -0.338. The van der Waals surface area contributed by atoms with Crippen molar-refractivity contribution in [1.82, 2.24) is 5.32 Å². The largest absolute Gasteiger partial charge is 0.349 e. The molecule has 1 amide bonds. The topological polar surface area (TPSA) is 66.5 Å². The molecule has 142 valence electrons. The van der Waals surface area contributed by atoms with Gasteiger partial charge in [0.05, 0.1) is 11.9 Å². The van der Waals surface area contributed by atoms with E-state index in [1.807, 2.05) is 13.8 Å². The molecule has 7 heteroatoms. The van der Waals surface area contributed by atoms with Crippen molar-refractivity contribution in [2.75, 3.05) is 10.6 Å². The van der Waals surface area contributed by atoms with Crippen LogP contribution in [0.25, 0.3) is 0 Å². The van der Waals surface area contributed by atoms with Gasteiger partial charge in [-0.15, -0.1) is 0 Å². The average molecular weight is 389 g/mol. The number of carbonyl (C=O) groups is 1. The Bertz CT molecular complexity index is 707. The summed E-state index contributed by atoms with van der Waals surface area (Å²) in [5.41, 5.74) is -0.0115. The predicted octanol–water partition coefficient (Wildman–Crippen LogP) is 3.83. The molecule has 0 saturated carbocycles. The van der Waals surface area contributed by atoms with Gasteiger partial charge >= 0.3 is 0 Å². The summed E-state index contributed by atoms with van der Waals surface area (Å²) in [6, 6.07) is 5.50. The first-order valence-electron chi connectivity index (χ1n) is 8.19. The maximum absolute atomic E-state index is 12.7. The molecule has 0 aliphatic rings. The number of carbonyl (C=O) groups excluding carboxylic acids is 1. The molecular formula is C18H29ClN2O3S. The zero-order valence-corrected chi connectivity index (χ0v) is 17.6. The molecule has 0 bridgehead atoms. The lowest BCUT2D eigenvalue weighted by atomic mass is 9.81. The molecule has 1 aromatic rings. The third-order valence-corrected chi connectivity index (χ3v) is 5.10. The Morgan fingerprint density at radius 2 is 1.64 bits per heavy atom. The van der Waals surface area contributed by atoms with Gasteiger partial charge in [0, 0.05) is 10.6 Å². The van der Waals surface area contributed by atoms with Crippen LogP contribution in [0.1, 0.15) is 48.0 Å². The van der Waals surface area contributed by atoms with E-state index in [4.69, 9.17) is 11.6 Å². The van der Waals surface area contributed by atoms with Crippen molar-refractivity contribution in [3.05, 3.63) is 29.3 Å². The van der Waals surface area contributed by atoms with Gasteiger partial charge in [0.15, 0.2) is 0 Å². The van der Waals surface area contributed by atoms with Crippen molar-refractivity contribution in [1.29, 1.82) is 0 Å². The summed E-state index contributed by atoms with van der Waals surface area (Å²) in [6.45, 7) is 11.8. The van der Waals surface area contributed by atoms with Gasteiger partial charge in [0.1, 0.15) is 6.04 Å². The smallest absolute Gasteiger partial charge is 0.244 e. The highest BCUT2D eigenvalue weighted by atomic mass is 35.5. The maximum Gasteiger partial charge on any atom is 0.244 e. The Morgan fingerprint density at radius 1 is 1.16 bits per heavy atom. The summed E-state index contributed by atoms with van der Waals surface area (Å²) in [6.07, 6.45) is 1.85. The molecular weight excluding hydrogens is 360 g/mol. The lowest BCUT2D eigenvalue weighted by Crippen LogP contribution is -2.54. The second-order valence-corrected chi connectivity index (χ2v) is 10.6. The van der Waals surface area contributed by atoms with Crippen molar-refractivity contribution in [3.63, 3.8) is 0 Å². The van der Waals surface area contributed by atoms with E-state index in [1.54, 1.807) is 31.2 Å². The van der Waals surface area contributed by atoms with Crippen LogP contribution in [0, 0.1) is 5.41 Å². The molecule has 0 spiro atoms. The zero-order valence-electron chi connectivity index (χ0n) is 16.1. The molecule has 0 saturated heterocycles. The van der Waals surface area contributed by atoms with Gasteiger partial charge in [-0.2, -0.15) is 0 Å². The van der Waals surface area contributed by atoms with Gasteiger partial charge in [-0.3, -0.25) is 9.10 Å². The van der Waals surface area contributed by atoms with Crippen LogP contribution in [0.4, 0.5) is 5.69 Å². The van der Waals surface area contributed by atoms with Crippen molar-refractivity contribution >= 4 is 33.2 Å². The first-order valence-corrected chi connectivity index (χ1v) is 10.4. The fraction of sp³-hybridized carbons (Fsp3) is 0.611. The van der Waals surface area contributed by atoms with Gasteiger partial charge < -0.3 is 5.32 Å². The average Bonchev–Trinajstić information content (AvgIpc) is 2.36. The number of rotatable bonds is 6. The maximum atomic E-state index is 12.7. The van der Waals surface area contributed by atoms with E-state index in [0.717, 1.165) is 17.0 Å². The van der Waals surface area contributed by atoms with Crippen molar-refractivity contribution in [2.45, 2.75) is 59.5 Å². The summed E-state index contributed by atoms with van der Waals surface area (Å²) in [5, 5.41) is 3.48. The normalized spacial score (nSPS) is 14.1. The third-order valence-electron chi connectivity index (χ3n) is 3.60. The van der Waals surface area contributed by atoms with Crippen LogP contribution in [0.15, 0.2) is 24.3 Å². The summed E-state index contributed by atoms with van der Waals surface area (Å²) < 4.78 is 25.7. The molecule has 1 rings (SSSR count). The van der Waals surface area contributed by atoms with Crippen LogP contribution in [0.2, 0.25) is 5.02 Å². The number of halogens is 1. The SMILES string of the molecule is CC(C(=O)NC(C)(C)CC(C)(C)C)N(c1ccc(Cl)cc1)S(C)(=O)=O. The lowest BCUT2D eigenvalue weighted by molar-refractivity contribution is -0.123. The van der Waals surface area contributed by atoms with E-state index < -0.39 is 21.6 Å². The fourth-order valence-electron chi connectivity index (χ4n) is 3.20. The Kier molecular flexibility index (Phi) is 6.57. The third kappa shape index (κ3) is 6.86. The minimum absolute atomic E-state index is 0.0344. The molecule has 5 nitrogen and oxygen atoms in total. The molecule has 0 radical (unpaired) electrons. The van der Waals surface area contributed by atoms with E-state index in [-0.39, 0.29) is 11.3 Å². The van der Waals surface area contributed by atoms with Crippen LogP contribution in [0.5, 0.6) is 0 Å². The van der Waals surface area contributed by atoms with Crippen LogP contribution in [0.3, 0.4) is 0 Å². The highest BCUT2D eigenvalue weighted by Gasteiger charge is 2.33. The fourth-order valence-corrected chi connectivity index (χ4v) is 4.51. The van der Waals surface area contributed by atoms with Gasteiger partial charge in [-0.1, -0.05) is 32.4 Å². The quantitative estimate of drug-likeness (QED) is 0.805. The molecule has 1 aromatic carbocycles. The summed E-state index contributed by atoms with van der Waals surface area (Å²) >= 11 is 5.87. The Labute approximate surface area is 156 Å². The first-order chi connectivity index (χ1) is 11.1. The van der Waals surface area contributed by atoms with Crippen LogP contribution >= 0.6 is 11.6 Å². The number of amides is 1. The van der Waals surface area contributed by atoms with Crippen LogP contribution in [-0.4, -0.2) is 32.2 Å². The molecule has 25 heavy (non-hydrogen) atoms. The van der Waals surface area contributed by atoms with E-state index in [1.165, 1.54) is 0 Å². The minimum Gasteiger partial charge on any atom is -0.349 e. The molecule has 0 aliphatic carbocycles. The van der Waals surface area contributed by atoms with Gasteiger partial charge in [-0.05, 0) is 56.9 Å². The number of nitrogens with one attached hydrogen (secondary N) is 1. The van der Waals surface area contributed by atoms with Gasteiger partial charge in [-0.25, -0.2) is 8.42 Å².